The van der Waals surface area contributed by atoms with E-state index in [4.69, 9.17) is 5.73 Å². The van der Waals surface area contributed by atoms with E-state index in [-0.39, 0.29) is 12.5 Å². The minimum Gasteiger partial charge on any atom is -0.360 e. The van der Waals surface area contributed by atoms with Gasteiger partial charge in [0.1, 0.15) is 6.04 Å². The van der Waals surface area contributed by atoms with Crippen molar-refractivity contribution in [2.45, 2.75) is 12.2 Å². The van der Waals surface area contributed by atoms with Crippen molar-refractivity contribution in [3.8, 4) is 0 Å². The van der Waals surface area contributed by atoms with Crippen molar-refractivity contribution >= 4 is 17.3 Å². The highest BCUT2D eigenvalue weighted by Gasteiger charge is 2.34. The van der Waals surface area contributed by atoms with Crippen LogP contribution in [0.4, 0.5) is 24.5 Å². The third-order valence-electron chi connectivity index (χ3n) is 2.96. The maximum absolute atomic E-state index is 12.6. The number of carbonyl (C=O) groups is 1. The number of halogens is 3. The lowest BCUT2D eigenvalue weighted by molar-refractivity contribution is -0.137. The van der Waals surface area contributed by atoms with Gasteiger partial charge in [-0.25, -0.2) is 0 Å². The molecule has 2 rings (SSSR count). The summed E-state index contributed by atoms with van der Waals surface area (Å²) in [4.78, 5) is 13.1. The van der Waals surface area contributed by atoms with Crippen molar-refractivity contribution in [2.75, 3.05) is 23.8 Å². The molecular formula is C11H12F3N3O. The number of nitrogens with zero attached hydrogens (tertiary/aromatic N) is 1. The highest BCUT2D eigenvalue weighted by Crippen LogP contribution is 2.37. The Hall–Kier alpha value is -1.76. The van der Waals surface area contributed by atoms with E-state index < -0.39 is 17.8 Å². The van der Waals surface area contributed by atoms with Crippen molar-refractivity contribution < 1.29 is 18.0 Å². The number of anilines is 2. The molecule has 1 atom stereocenters. The van der Waals surface area contributed by atoms with Crippen molar-refractivity contribution in [3.05, 3.63) is 23.8 Å². The van der Waals surface area contributed by atoms with Gasteiger partial charge in [0.25, 0.3) is 0 Å². The van der Waals surface area contributed by atoms with E-state index in [9.17, 15) is 18.0 Å². The summed E-state index contributed by atoms with van der Waals surface area (Å²) in [5.41, 5.74) is 5.37. The molecule has 98 valence electrons. The van der Waals surface area contributed by atoms with Crippen molar-refractivity contribution in [1.29, 1.82) is 0 Å². The van der Waals surface area contributed by atoms with Gasteiger partial charge in [-0.15, -0.1) is 0 Å². The van der Waals surface area contributed by atoms with Gasteiger partial charge in [-0.2, -0.15) is 13.2 Å². The predicted molar refractivity (Wildman–Crippen MR) is 61.3 cm³/mol. The number of fused-ring (bicyclic) bond motifs is 1. The van der Waals surface area contributed by atoms with Gasteiger partial charge in [0, 0.05) is 13.6 Å². The lowest BCUT2D eigenvalue weighted by atomic mass is 10.1. The average molecular weight is 259 g/mol. The molecule has 1 aromatic rings. The summed E-state index contributed by atoms with van der Waals surface area (Å²) in [6.45, 7) is 0.0397. The summed E-state index contributed by atoms with van der Waals surface area (Å²) in [6.07, 6.45) is -4.41. The second-order valence-electron chi connectivity index (χ2n) is 4.08. The number of alkyl halides is 3. The van der Waals surface area contributed by atoms with Crippen LogP contribution in [0.1, 0.15) is 5.56 Å². The largest absolute Gasteiger partial charge is 0.416 e. The predicted octanol–water partition coefficient (Wildman–Crippen LogP) is 1.42. The van der Waals surface area contributed by atoms with Crippen LogP contribution in [0.2, 0.25) is 0 Å². The Bertz CT molecular complexity index is 487. The molecule has 0 bridgehead atoms. The zero-order chi connectivity index (χ0) is 13.5. The maximum Gasteiger partial charge on any atom is 0.416 e. The van der Waals surface area contributed by atoms with E-state index in [0.29, 0.717) is 11.4 Å². The SMILES string of the molecule is CN1c2cc(C(F)(F)F)ccc2NC(=O)C1CN. The molecule has 1 aliphatic rings. The van der Waals surface area contributed by atoms with Crippen LogP contribution in [0.3, 0.4) is 0 Å². The Labute approximate surface area is 102 Å². The summed E-state index contributed by atoms with van der Waals surface area (Å²) in [7, 11) is 1.55. The van der Waals surface area contributed by atoms with Crippen LogP contribution in [-0.4, -0.2) is 25.5 Å². The summed E-state index contributed by atoms with van der Waals surface area (Å²) in [5, 5.41) is 2.54. The first kappa shape index (κ1) is 12.7. The van der Waals surface area contributed by atoms with Crippen LogP contribution >= 0.6 is 0 Å². The van der Waals surface area contributed by atoms with Crippen LogP contribution < -0.4 is 16.0 Å². The van der Waals surface area contributed by atoms with E-state index in [1.807, 2.05) is 0 Å². The monoisotopic (exact) mass is 259 g/mol. The molecule has 18 heavy (non-hydrogen) atoms. The molecule has 1 unspecified atom stereocenters. The van der Waals surface area contributed by atoms with Crippen LogP contribution in [0, 0.1) is 0 Å². The third kappa shape index (κ3) is 2.01. The number of nitrogens with two attached hydrogens (primary N) is 1. The molecule has 0 aliphatic carbocycles. The molecule has 0 saturated carbocycles. The minimum atomic E-state index is -4.41. The molecule has 0 spiro atoms. The van der Waals surface area contributed by atoms with Gasteiger partial charge in [-0.1, -0.05) is 0 Å². The van der Waals surface area contributed by atoms with Gasteiger partial charge >= 0.3 is 6.18 Å². The zero-order valence-electron chi connectivity index (χ0n) is 9.58. The zero-order valence-corrected chi connectivity index (χ0v) is 9.58. The number of benzene rings is 1. The number of carbonyl (C=O) groups excluding carboxylic acids is 1. The van der Waals surface area contributed by atoms with Crippen molar-refractivity contribution in [2.24, 2.45) is 5.73 Å². The Morgan fingerprint density at radius 3 is 2.67 bits per heavy atom. The summed E-state index contributed by atoms with van der Waals surface area (Å²) >= 11 is 0. The van der Waals surface area contributed by atoms with Crippen LogP contribution in [-0.2, 0) is 11.0 Å². The van der Waals surface area contributed by atoms with E-state index >= 15 is 0 Å². The number of hydrogen-bond donors (Lipinski definition) is 2. The molecule has 3 N–H and O–H groups in total. The van der Waals surface area contributed by atoms with Gasteiger partial charge in [-0.05, 0) is 18.2 Å². The second-order valence-corrected chi connectivity index (χ2v) is 4.08. The fourth-order valence-electron chi connectivity index (χ4n) is 1.93. The van der Waals surface area contributed by atoms with E-state index in [2.05, 4.69) is 5.32 Å². The van der Waals surface area contributed by atoms with Gasteiger partial charge in [0.15, 0.2) is 0 Å². The molecule has 4 nitrogen and oxygen atoms in total. The molecule has 1 heterocycles. The number of hydrogen-bond acceptors (Lipinski definition) is 3. The second kappa shape index (κ2) is 4.16. The van der Waals surface area contributed by atoms with Crippen LogP contribution in [0.15, 0.2) is 18.2 Å². The Morgan fingerprint density at radius 2 is 2.11 bits per heavy atom. The molecule has 0 radical (unpaired) electrons. The van der Waals surface area contributed by atoms with Crippen molar-refractivity contribution in [1.82, 2.24) is 0 Å². The molecule has 0 fully saturated rings. The summed E-state index contributed by atoms with van der Waals surface area (Å²) in [5.74, 6) is -0.313. The highest BCUT2D eigenvalue weighted by molar-refractivity contribution is 6.03. The van der Waals surface area contributed by atoms with E-state index in [1.54, 1.807) is 7.05 Å². The number of nitrogens with one attached hydrogen (secondary N) is 1. The smallest absolute Gasteiger partial charge is 0.360 e. The molecule has 0 aromatic heterocycles. The fraction of sp³-hybridized carbons (Fsp3) is 0.364. The average Bonchev–Trinajstić information content (AvgIpc) is 2.27. The molecule has 1 aliphatic heterocycles. The number of amides is 1. The standard InChI is InChI=1S/C11H12F3N3O/c1-17-8-4-6(11(12,13)14)2-3-7(8)16-10(18)9(17)5-15/h2-4,9H,5,15H2,1H3,(H,16,18). The Kier molecular flexibility index (Phi) is 2.94. The minimum absolute atomic E-state index is 0.0397. The van der Waals surface area contributed by atoms with E-state index in [1.165, 1.54) is 11.0 Å². The van der Waals surface area contributed by atoms with Crippen LogP contribution in [0.5, 0.6) is 0 Å². The van der Waals surface area contributed by atoms with Gasteiger partial charge in [0.2, 0.25) is 5.91 Å². The Morgan fingerprint density at radius 1 is 1.44 bits per heavy atom. The van der Waals surface area contributed by atoms with Gasteiger partial charge in [0.05, 0.1) is 16.9 Å². The molecule has 1 aromatic carbocycles. The first-order valence-electron chi connectivity index (χ1n) is 5.29. The topological polar surface area (TPSA) is 58.4 Å². The lowest BCUT2D eigenvalue weighted by Gasteiger charge is -2.34. The Balaban J connectivity index is 2.47. The summed E-state index contributed by atoms with van der Waals surface area (Å²) in [6, 6.07) is 2.55. The lowest BCUT2D eigenvalue weighted by Crippen LogP contribution is -2.50. The maximum atomic E-state index is 12.6. The van der Waals surface area contributed by atoms with Crippen molar-refractivity contribution in [3.63, 3.8) is 0 Å². The molecule has 0 saturated heterocycles. The number of likely N-dealkylation sites (N-methyl/N-ethyl adjacent to an activating group) is 1. The molecular weight excluding hydrogens is 247 g/mol. The van der Waals surface area contributed by atoms with Gasteiger partial charge in [-0.3, -0.25) is 4.79 Å². The molecule has 1 amide bonds. The quantitative estimate of drug-likeness (QED) is 0.802. The molecule has 7 heteroatoms. The van der Waals surface area contributed by atoms with Crippen LogP contribution in [0.25, 0.3) is 0 Å². The first-order chi connectivity index (χ1) is 8.34. The fourth-order valence-corrected chi connectivity index (χ4v) is 1.93. The third-order valence-corrected chi connectivity index (χ3v) is 2.96. The first-order valence-corrected chi connectivity index (χ1v) is 5.29. The van der Waals surface area contributed by atoms with Gasteiger partial charge < -0.3 is 16.0 Å². The number of rotatable bonds is 1. The van der Waals surface area contributed by atoms with E-state index in [0.717, 1.165) is 12.1 Å². The normalized spacial score (nSPS) is 19.5. The highest BCUT2D eigenvalue weighted by atomic mass is 19.4. The summed E-state index contributed by atoms with van der Waals surface area (Å²) < 4.78 is 37.8.